The third kappa shape index (κ3) is 3.29. The predicted molar refractivity (Wildman–Crippen MR) is 75.1 cm³/mol. The second kappa shape index (κ2) is 6.07. The summed E-state index contributed by atoms with van der Waals surface area (Å²) < 4.78 is 19.5. The molecule has 8 heteroatoms. The molecule has 0 aliphatic heterocycles. The van der Waals surface area contributed by atoms with E-state index in [2.05, 4.69) is 4.98 Å². The van der Waals surface area contributed by atoms with Crippen molar-refractivity contribution in [3.05, 3.63) is 51.7 Å². The molecule has 0 aliphatic rings. The first kappa shape index (κ1) is 15.2. The van der Waals surface area contributed by atoms with Gasteiger partial charge in [0, 0.05) is 11.8 Å². The van der Waals surface area contributed by atoms with Crippen molar-refractivity contribution in [3.63, 3.8) is 0 Å². The van der Waals surface area contributed by atoms with Crippen molar-refractivity contribution >= 4 is 12.6 Å². The van der Waals surface area contributed by atoms with Crippen LogP contribution in [0.1, 0.15) is 11.3 Å². The van der Waals surface area contributed by atoms with Crippen LogP contribution in [0.15, 0.2) is 29.1 Å². The molecule has 21 heavy (non-hydrogen) atoms. The Balaban J connectivity index is 2.51. The van der Waals surface area contributed by atoms with Gasteiger partial charge in [-0.3, -0.25) is 9.36 Å². The van der Waals surface area contributed by atoms with Crippen molar-refractivity contribution in [1.29, 1.82) is 0 Å². The largest absolute Gasteiger partial charge is 0.488 e. The van der Waals surface area contributed by atoms with Crippen LogP contribution in [0.2, 0.25) is 0 Å². The summed E-state index contributed by atoms with van der Waals surface area (Å²) in [5.74, 6) is -0.594. The highest BCUT2D eigenvalue weighted by molar-refractivity contribution is 6.59. The number of benzene rings is 1. The van der Waals surface area contributed by atoms with Crippen molar-refractivity contribution < 1.29 is 19.2 Å². The maximum absolute atomic E-state index is 13.2. The Morgan fingerprint density at radius 2 is 2.10 bits per heavy atom. The lowest BCUT2D eigenvalue weighted by Gasteiger charge is -2.14. The Morgan fingerprint density at radius 1 is 1.38 bits per heavy atom. The highest BCUT2D eigenvalue weighted by Gasteiger charge is 2.18. The Labute approximate surface area is 120 Å². The normalized spacial score (nSPS) is 10.5. The standard InChI is InChI=1S/C13H14BFN2O4/c1-8-5-12(18)17(13(16-8)21-2)7-9-3-4-10(15)6-11(9)14(19)20/h3-6,19-20H,7H2,1-2H3. The SMILES string of the molecule is COc1nc(C)cc(=O)n1Cc1ccc(F)cc1B(O)O. The van der Waals surface area contributed by atoms with Crippen molar-refractivity contribution in [2.75, 3.05) is 7.11 Å². The molecule has 0 radical (unpaired) electrons. The van der Waals surface area contributed by atoms with Gasteiger partial charge in [0.05, 0.1) is 13.7 Å². The summed E-state index contributed by atoms with van der Waals surface area (Å²) in [5.41, 5.74) is 0.540. The second-order valence-electron chi connectivity index (χ2n) is 4.53. The average molecular weight is 292 g/mol. The van der Waals surface area contributed by atoms with E-state index in [4.69, 9.17) is 4.74 Å². The molecule has 0 amide bonds. The summed E-state index contributed by atoms with van der Waals surface area (Å²) in [7, 11) is -0.458. The number of hydrogen-bond donors (Lipinski definition) is 2. The summed E-state index contributed by atoms with van der Waals surface area (Å²) in [4.78, 5) is 16.1. The number of halogens is 1. The summed E-state index contributed by atoms with van der Waals surface area (Å²) in [5, 5.41) is 18.6. The van der Waals surface area contributed by atoms with Gasteiger partial charge in [-0.2, -0.15) is 0 Å². The van der Waals surface area contributed by atoms with Crippen molar-refractivity contribution in [2.45, 2.75) is 13.5 Å². The molecule has 0 unspecified atom stereocenters. The monoisotopic (exact) mass is 292 g/mol. The van der Waals surface area contributed by atoms with Crippen LogP contribution in [0.5, 0.6) is 6.01 Å². The van der Waals surface area contributed by atoms with Gasteiger partial charge in [0.25, 0.3) is 11.6 Å². The summed E-state index contributed by atoms with van der Waals surface area (Å²) in [6.07, 6.45) is 0. The smallest absolute Gasteiger partial charge is 0.468 e. The lowest BCUT2D eigenvalue weighted by molar-refractivity contribution is 0.349. The van der Waals surface area contributed by atoms with E-state index < -0.39 is 12.9 Å². The molecule has 0 bridgehead atoms. The lowest BCUT2D eigenvalue weighted by Crippen LogP contribution is -2.35. The molecule has 6 nitrogen and oxygen atoms in total. The minimum atomic E-state index is -1.84. The molecule has 0 saturated heterocycles. The zero-order valence-corrected chi connectivity index (χ0v) is 11.6. The van der Waals surface area contributed by atoms with Gasteiger partial charge >= 0.3 is 7.12 Å². The van der Waals surface area contributed by atoms with Gasteiger partial charge in [-0.25, -0.2) is 9.37 Å². The second-order valence-corrected chi connectivity index (χ2v) is 4.53. The lowest BCUT2D eigenvalue weighted by atomic mass is 9.77. The molecule has 1 aromatic heterocycles. The van der Waals surface area contributed by atoms with Crippen LogP contribution < -0.4 is 15.8 Å². The highest BCUT2D eigenvalue weighted by Crippen LogP contribution is 2.09. The Hall–Kier alpha value is -2.19. The molecule has 2 rings (SSSR count). The van der Waals surface area contributed by atoms with Crippen LogP contribution in [0, 0.1) is 12.7 Å². The van der Waals surface area contributed by atoms with E-state index in [1.165, 1.54) is 29.9 Å². The predicted octanol–water partition coefficient (Wildman–Crippen LogP) is -0.572. The van der Waals surface area contributed by atoms with Gasteiger partial charge in [-0.1, -0.05) is 6.07 Å². The van der Waals surface area contributed by atoms with Gasteiger partial charge in [-0.05, 0) is 30.1 Å². The molecule has 2 N–H and O–H groups in total. The van der Waals surface area contributed by atoms with Crippen LogP contribution >= 0.6 is 0 Å². The fraction of sp³-hybridized carbons (Fsp3) is 0.231. The van der Waals surface area contributed by atoms with Gasteiger partial charge in [0.1, 0.15) is 5.82 Å². The topological polar surface area (TPSA) is 84.6 Å². The molecular formula is C13H14BFN2O4. The van der Waals surface area contributed by atoms with Crippen molar-refractivity contribution in [3.8, 4) is 6.01 Å². The fourth-order valence-electron chi connectivity index (χ4n) is 2.02. The molecule has 0 fully saturated rings. The van der Waals surface area contributed by atoms with Crippen LogP contribution in [-0.4, -0.2) is 33.8 Å². The number of aromatic nitrogens is 2. The van der Waals surface area contributed by atoms with Crippen LogP contribution in [0.4, 0.5) is 4.39 Å². The third-order valence-electron chi connectivity index (χ3n) is 3.00. The van der Waals surface area contributed by atoms with Gasteiger partial charge in [0.15, 0.2) is 0 Å². The molecule has 110 valence electrons. The third-order valence-corrected chi connectivity index (χ3v) is 3.00. The zero-order chi connectivity index (χ0) is 15.6. The van der Waals surface area contributed by atoms with Gasteiger partial charge < -0.3 is 14.8 Å². The summed E-state index contributed by atoms with van der Waals surface area (Å²) in [6, 6.07) is 5.01. The summed E-state index contributed by atoms with van der Waals surface area (Å²) >= 11 is 0. The Morgan fingerprint density at radius 3 is 2.71 bits per heavy atom. The molecule has 0 saturated carbocycles. The molecule has 0 atom stereocenters. The van der Waals surface area contributed by atoms with Crippen LogP contribution in [-0.2, 0) is 6.54 Å². The molecule has 1 heterocycles. The first-order valence-electron chi connectivity index (χ1n) is 6.19. The Bertz CT molecular complexity index is 718. The van der Waals surface area contributed by atoms with Crippen molar-refractivity contribution in [2.24, 2.45) is 0 Å². The number of nitrogens with zero attached hydrogens (tertiary/aromatic N) is 2. The van der Waals surface area contributed by atoms with E-state index in [1.807, 2.05) is 0 Å². The maximum atomic E-state index is 13.2. The number of rotatable bonds is 4. The maximum Gasteiger partial charge on any atom is 0.488 e. The molecule has 2 aromatic rings. The highest BCUT2D eigenvalue weighted by atomic mass is 19.1. The summed E-state index contributed by atoms with van der Waals surface area (Å²) in [6.45, 7) is 1.65. The Kier molecular flexibility index (Phi) is 4.39. The van der Waals surface area contributed by atoms with E-state index in [9.17, 15) is 19.2 Å². The van der Waals surface area contributed by atoms with E-state index in [-0.39, 0.29) is 23.6 Å². The number of methoxy groups -OCH3 is 1. The van der Waals surface area contributed by atoms with E-state index in [1.54, 1.807) is 6.92 Å². The molecular weight excluding hydrogens is 278 g/mol. The minimum absolute atomic E-state index is 0.00970. The minimum Gasteiger partial charge on any atom is -0.468 e. The van der Waals surface area contributed by atoms with Gasteiger partial charge in [-0.15, -0.1) is 0 Å². The van der Waals surface area contributed by atoms with E-state index >= 15 is 0 Å². The number of hydrogen-bond acceptors (Lipinski definition) is 5. The van der Waals surface area contributed by atoms with Crippen LogP contribution in [0.3, 0.4) is 0 Å². The fourth-order valence-corrected chi connectivity index (χ4v) is 2.02. The van der Waals surface area contributed by atoms with Crippen LogP contribution in [0.25, 0.3) is 0 Å². The first-order chi connectivity index (χ1) is 9.92. The average Bonchev–Trinajstić information content (AvgIpc) is 2.42. The quantitative estimate of drug-likeness (QED) is 0.737. The van der Waals surface area contributed by atoms with Gasteiger partial charge in [0.2, 0.25) is 0 Å². The van der Waals surface area contributed by atoms with E-state index in [0.29, 0.717) is 11.3 Å². The first-order valence-corrected chi connectivity index (χ1v) is 6.19. The number of aryl methyl sites for hydroxylation is 1. The molecule has 1 aromatic carbocycles. The molecule has 0 spiro atoms. The zero-order valence-electron chi connectivity index (χ0n) is 11.6. The van der Waals surface area contributed by atoms with E-state index in [0.717, 1.165) is 6.07 Å². The van der Waals surface area contributed by atoms with Crippen molar-refractivity contribution in [1.82, 2.24) is 9.55 Å². The number of ether oxygens (including phenoxy) is 1. The molecule has 0 aliphatic carbocycles.